The van der Waals surface area contributed by atoms with Crippen LogP contribution in [0.25, 0.3) is 11.4 Å². The SMILES string of the molecule is COc1ccc(C)cc1CN(C)C(=O)CCCc1nc(-c2ccccc2)no1. The molecule has 3 aromatic rings. The molecule has 0 N–H and O–H groups in total. The average molecular weight is 379 g/mol. The Kier molecular flexibility index (Phi) is 6.42. The molecule has 1 aromatic heterocycles. The van der Waals surface area contributed by atoms with Crippen LogP contribution in [-0.2, 0) is 17.8 Å². The topological polar surface area (TPSA) is 68.5 Å². The minimum Gasteiger partial charge on any atom is -0.496 e. The summed E-state index contributed by atoms with van der Waals surface area (Å²) >= 11 is 0. The van der Waals surface area contributed by atoms with E-state index < -0.39 is 0 Å². The molecule has 0 saturated carbocycles. The molecular weight excluding hydrogens is 354 g/mol. The van der Waals surface area contributed by atoms with E-state index in [0.717, 1.165) is 22.4 Å². The second kappa shape index (κ2) is 9.17. The maximum absolute atomic E-state index is 12.5. The Balaban J connectivity index is 1.50. The summed E-state index contributed by atoms with van der Waals surface area (Å²) in [6.45, 7) is 2.54. The van der Waals surface area contributed by atoms with Crippen molar-refractivity contribution in [3.8, 4) is 17.1 Å². The van der Waals surface area contributed by atoms with Crippen LogP contribution in [0.1, 0.15) is 29.9 Å². The fraction of sp³-hybridized carbons (Fsp3) is 0.318. The molecule has 146 valence electrons. The summed E-state index contributed by atoms with van der Waals surface area (Å²) in [5, 5.41) is 4.01. The maximum Gasteiger partial charge on any atom is 0.226 e. The molecule has 1 heterocycles. The second-order valence-corrected chi connectivity index (χ2v) is 6.80. The molecule has 0 spiro atoms. The van der Waals surface area contributed by atoms with Gasteiger partial charge in [0.1, 0.15) is 5.75 Å². The Morgan fingerprint density at radius 2 is 1.96 bits per heavy atom. The fourth-order valence-corrected chi connectivity index (χ4v) is 3.02. The van der Waals surface area contributed by atoms with E-state index in [-0.39, 0.29) is 5.91 Å². The zero-order valence-electron chi connectivity index (χ0n) is 16.5. The molecule has 28 heavy (non-hydrogen) atoms. The van der Waals surface area contributed by atoms with Gasteiger partial charge in [-0.2, -0.15) is 4.98 Å². The van der Waals surface area contributed by atoms with E-state index in [1.165, 1.54) is 0 Å². The number of aromatic nitrogens is 2. The Bertz CT molecular complexity index is 922. The summed E-state index contributed by atoms with van der Waals surface area (Å²) in [5.41, 5.74) is 3.06. The van der Waals surface area contributed by atoms with Gasteiger partial charge < -0.3 is 14.2 Å². The summed E-state index contributed by atoms with van der Waals surface area (Å²) < 4.78 is 10.7. The van der Waals surface area contributed by atoms with Crippen molar-refractivity contribution in [2.24, 2.45) is 0 Å². The first-order chi connectivity index (χ1) is 13.6. The van der Waals surface area contributed by atoms with Crippen molar-refractivity contribution in [2.75, 3.05) is 14.2 Å². The largest absolute Gasteiger partial charge is 0.496 e. The van der Waals surface area contributed by atoms with Crippen molar-refractivity contribution in [1.82, 2.24) is 15.0 Å². The van der Waals surface area contributed by atoms with E-state index in [1.54, 1.807) is 12.0 Å². The maximum atomic E-state index is 12.5. The average Bonchev–Trinajstić information content (AvgIpc) is 3.17. The Morgan fingerprint density at radius 1 is 1.18 bits per heavy atom. The third-order valence-corrected chi connectivity index (χ3v) is 4.55. The van der Waals surface area contributed by atoms with E-state index in [1.807, 2.05) is 62.5 Å². The summed E-state index contributed by atoms with van der Waals surface area (Å²) in [6, 6.07) is 15.7. The van der Waals surface area contributed by atoms with Gasteiger partial charge in [-0.05, 0) is 19.4 Å². The van der Waals surface area contributed by atoms with Gasteiger partial charge in [0, 0.05) is 37.6 Å². The number of amides is 1. The van der Waals surface area contributed by atoms with E-state index in [2.05, 4.69) is 10.1 Å². The van der Waals surface area contributed by atoms with E-state index >= 15 is 0 Å². The molecule has 6 heteroatoms. The number of methoxy groups -OCH3 is 1. The van der Waals surface area contributed by atoms with E-state index in [9.17, 15) is 4.79 Å². The van der Waals surface area contributed by atoms with Crippen LogP contribution in [0.2, 0.25) is 0 Å². The summed E-state index contributed by atoms with van der Waals surface area (Å²) in [5.74, 6) is 2.00. The number of aryl methyl sites for hydroxylation is 2. The van der Waals surface area contributed by atoms with E-state index in [4.69, 9.17) is 9.26 Å². The molecule has 0 unspecified atom stereocenters. The van der Waals surface area contributed by atoms with Crippen LogP contribution < -0.4 is 4.74 Å². The van der Waals surface area contributed by atoms with E-state index in [0.29, 0.717) is 37.5 Å². The van der Waals surface area contributed by atoms with Crippen LogP contribution in [0, 0.1) is 6.92 Å². The van der Waals surface area contributed by atoms with Crippen molar-refractivity contribution >= 4 is 5.91 Å². The van der Waals surface area contributed by atoms with Gasteiger partial charge in [0.05, 0.1) is 7.11 Å². The Labute approximate surface area is 165 Å². The van der Waals surface area contributed by atoms with Gasteiger partial charge in [0.25, 0.3) is 0 Å². The van der Waals surface area contributed by atoms with Gasteiger partial charge in [0.2, 0.25) is 17.6 Å². The highest BCUT2D eigenvalue weighted by molar-refractivity contribution is 5.76. The van der Waals surface area contributed by atoms with Crippen molar-refractivity contribution in [3.05, 3.63) is 65.5 Å². The van der Waals surface area contributed by atoms with Gasteiger partial charge in [-0.1, -0.05) is 53.2 Å². The van der Waals surface area contributed by atoms with Crippen LogP contribution in [0.15, 0.2) is 53.1 Å². The van der Waals surface area contributed by atoms with Gasteiger partial charge in [-0.15, -0.1) is 0 Å². The number of hydrogen-bond acceptors (Lipinski definition) is 5. The smallest absolute Gasteiger partial charge is 0.226 e. The van der Waals surface area contributed by atoms with Crippen LogP contribution in [0.4, 0.5) is 0 Å². The summed E-state index contributed by atoms with van der Waals surface area (Å²) in [4.78, 5) is 18.6. The van der Waals surface area contributed by atoms with Gasteiger partial charge >= 0.3 is 0 Å². The van der Waals surface area contributed by atoms with Crippen molar-refractivity contribution in [1.29, 1.82) is 0 Å². The number of nitrogens with zero attached hydrogens (tertiary/aromatic N) is 3. The molecule has 0 aliphatic rings. The molecule has 0 saturated heterocycles. The van der Waals surface area contributed by atoms with Crippen molar-refractivity contribution in [3.63, 3.8) is 0 Å². The number of carbonyl (C=O) groups excluding carboxylic acids is 1. The lowest BCUT2D eigenvalue weighted by atomic mass is 10.1. The zero-order chi connectivity index (χ0) is 19.9. The molecule has 0 fully saturated rings. The lowest BCUT2D eigenvalue weighted by Crippen LogP contribution is -2.26. The predicted molar refractivity (Wildman–Crippen MR) is 107 cm³/mol. The van der Waals surface area contributed by atoms with Crippen LogP contribution >= 0.6 is 0 Å². The van der Waals surface area contributed by atoms with Crippen LogP contribution in [0.5, 0.6) is 5.75 Å². The molecule has 0 atom stereocenters. The van der Waals surface area contributed by atoms with Crippen LogP contribution in [-0.4, -0.2) is 35.1 Å². The standard InChI is InChI=1S/C22H25N3O3/c1-16-12-13-19(27-3)18(14-16)15-25(2)21(26)11-7-10-20-23-22(24-28-20)17-8-5-4-6-9-17/h4-6,8-9,12-14H,7,10-11,15H2,1-3H3. The predicted octanol–water partition coefficient (Wildman–Crippen LogP) is 4.03. The molecular formula is C22H25N3O3. The number of ether oxygens (including phenoxy) is 1. The van der Waals surface area contributed by atoms with Crippen molar-refractivity contribution < 1.29 is 14.1 Å². The normalized spacial score (nSPS) is 10.7. The molecule has 0 aliphatic heterocycles. The fourth-order valence-electron chi connectivity index (χ4n) is 3.02. The number of hydrogen-bond donors (Lipinski definition) is 0. The molecule has 2 aromatic carbocycles. The summed E-state index contributed by atoms with van der Waals surface area (Å²) in [7, 11) is 3.45. The highest BCUT2D eigenvalue weighted by Gasteiger charge is 2.14. The minimum absolute atomic E-state index is 0.0753. The first-order valence-electron chi connectivity index (χ1n) is 9.32. The van der Waals surface area contributed by atoms with Crippen LogP contribution in [0.3, 0.4) is 0 Å². The lowest BCUT2D eigenvalue weighted by Gasteiger charge is -2.19. The Morgan fingerprint density at radius 3 is 2.71 bits per heavy atom. The highest BCUT2D eigenvalue weighted by atomic mass is 16.5. The molecule has 0 bridgehead atoms. The third kappa shape index (κ3) is 4.97. The van der Waals surface area contributed by atoms with Gasteiger partial charge in [-0.3, -0.25) is 4.79 Å². The Hall–Kier alpha value is -3.15. The highest BCUT2D eigenvalue weighted by Crippen LogP contribution is 2.21. The minimum atomic E-state index is 0.0753. The van der Waals surface area contributed by atoms with Crippen molar-refractivity contribution in [2.45, 2.75) is 32.7 Å². The monoisotopic (exact) mass is 379 g/mol. The zero-order valence-corrected chi connectivity index (χ0v) is 16.5. The first kappa shape index (κ1) is 19.6. The molecule has 3 rings (SSSR count). The molecule has 6 nitrogen and oxygen atoms in total. The van der Waals surface area contributed by atoms with Gasteiger partial charge in [-0.25, -0.2) is 0 Å². The molecule has 1 amide bonds. The second-order valence-electron chi connectivity index (χ2n) is 6.80. The van der Waals surface area contributed by atoms with Gasteiger partial charge in [0.15, 0.2) is 0 Å². The summed E-state index contributed by atoms with van der Waals surface area (Å²) in [6.07, 6.45) is 1.66. The number of benzene rings is 2. The molecule has 0 radical (unpaired) electrons. The lowest BCUT2D eigenvalue weighted by molar-refractivity contribution is -0.130. The quantitative estimate of drug-likeness (QED) is 0.591. The number of carbonyl (C=O) groups is 1. The molecule has 0 aliphatic carbocycles. The first-order valence-corrected chi connectivity index (χ1v) is 9.32. The third-order valence-electron chi connectivity index (χ3n) is 4.55. The number of rotatable bonds is 8.